The highest BCUT2D eigenvalue weighted by Crippen LogP contribution is 2.42. The number of aryl methyl sites for hydroxylation is 1. The zero-order valence-electron chi connectivity index (χ0n) is 22.9. The maximum Gasteiger partial charge on any atom is 0.295 e. The van der Waals surface area contributed by atoms with Crippen molar-refractivity contribution in [2.24, 2.45) is 0 Å². The highest BCUT2D eigenvalue weighted by molar-refractivity contribution is 6.46. The summed E-state index contributed by atoms with van der Waals surface area (Å²) in [5.74, 6) is -0.771. The van der Waals surface area contributed by atoms with Gasteiger partial charge in [0.1, 0.15) is 11.5 Å². The zero-order valence-corrected chi connectivity index (χ0v) is 22.9. The van der Waals surface area contributed by atoms with E-state index in [1.165, 1.54) is 18.1 Å². The van der Waals surface area contributed by atoms with Crippen molar-refractivity contribution < 1.29 is 34.0 Å². The molecule has 0 bridgehead atoms. The topological polar surface area (TPSA) is 109 Å². The normalized spacial score (nSPS) is 19.5. The van der Waals surface area contributed by atoms with Crippen LogP contribution in [0.5, 0.6) is 17.2 Å². The van der Waals surface area contributed by atoms with Gasteiger partial charge in [-0.3, -0.25) is 14.5 Å². The minimum absolute atomic E-state index is 0.0122. The Labute approximate surface area is 229 Å². The number of phenols is 1. The molecule has 2 fully saturated rings. The Morgan fingerprint density at radius 1 is 1.05 bits per heavy atom. The third-order valence-electron chi connectivity index (χ3n) is 7.24. The third kappa shape index (κ3) is 6.37. The molecule has 2 heterocycles. The Bertz CT molecular complexity index is 1220. The molecule has 1 amide bonds. The standard InChI is InChI=1S/C30H38N2O7/c1-4-5-15-39-24-10-8-22(18-20(24)2)28(34)26-27(21-7-9-23(33)25(19-21)37-3)32(30(36)29(26)35)12-6-11-31-13-16-38-17-14-31/h7-10,18-19,27,33-34H,4-6,11-17H2,1-3H3/b28-26+. The number of hydrogen-bond acceptors (Lipinski definition) is 8. The minimum Gasteiger partial charge on any atom is -0.507 e. The lowest BCUT2D eigenvalue weighted by molar-refractivity contribution is -0.140. The predicted molar refractivity (Wildman–Crippen MR) is 147 cm³/mol. The molecule has 0 spiro atoms. The molecule has 2 N–H and O–H groups in total. The van der Waals surface area contributed by atoms with E-state index < -0.39 is 17.7 Å². The van der Waals surface area contributed by atoms with Crippen molar-refractivity contribution in [2.45, 2.75) is 39.2 Å². The van der Waals surface area contributed by atoms with Gasteiger partial charge in [-0.15, -0.1) is 0 Å². The molecule has 9 nitrogen and oxygen atoms in total. The molecule has 210 valence electrons. The number of rotatable bonds is 11. The van der Waals surface area contributed by atoms with Crippen LogP contribution in [0.4, 0.5) is 0 Å². The van der Waals surface area contributed by atoms with Crippen LogP contribution in [0.3, 0.4) is 0 Å². The lowest BCUT2D eigenvalue weighted by atomic mass is 9.94. The van der Waals surface area contributed by atoms with E-state index in [-0.39, 0.29) is 22.8 Å². The first-order valence-corrected chi connectivity index (χ1v) is 13.5. The first-order chi connectivity index (χ1) is 18.8. The van der Waals surface area contributed by atoms with E-state index in [2.05, 4.69) is 11.8 Å². The first-order valence-electron chi connectivity index (χ1n) is 13.5. The number of nitrogens with zero attached hydrogens (tertiary/aromatic N) is 2. The van der Waals surface area contributed by atoms with E-state index >= 15 is 0 Å². The monoisotopic (exact) mass is 538 g/mol. The molecule has 2 aromatic carbocycles. The van der Waals surface area contributed by atoms with Gasteiger partial charge in [-0.25, -0.2) is 0 Å². The lowest BCUT2D eigenvalue weighted by Gasteiger charge is -2.29. The fourth-order valence-electron chi connectivity index (χ4n) is 5.05. The smallest absolute Gasteiger partial charge is 0.295 e. The first kappa shape index (κ1) is 28.4. The molecule has 4 rings (SSSR count). The molecule has 39 heavy (non-hydrogen) atoms. The van der Waals surface area contributed by atoms with Gasteiger partial charge in [0.25, 0.3) is 11.7 Å². The summed E-state index contributed by atoms with van der Waals surface area (Å²) < 4.78 is 16.5. The Morgan fingerprint density at radius 3 is 2.51 bits per heavy atom. The van der Waals surface area contributed by atoms with E-state index in [0.29, 0.717) is 49.7 Å². The molecular weight excluding hydrogens is 500 g/mol. The molecule has 2 aliphatic heterocycles. The van der Waals surface area contributed by atoms with Gasteiger partial charge in [-0.05, 0) is 61.2 Å². The Morgan fingerprint density at radius 2 is 1.82 bits per heavy atom. The van der Waals surface area contributed by atoms with Gasteiger partial charge in [-0.2, -0.15) is 0 Å². The van der Waals surface area contributed by atoms with Crippen molar-refractivity contribution in [1.29, 1.82) is 0 Å². The zero-order chi connectivity index (χ0) is 27.9. The van der Waals surface area contributed by atoms with Crippen LogP contribution in [0.1, 0.15) is 48.9 Å². The molecule has 9 heteroatoms. The SMILES string of the molecule is CCCCOc1ccc(/C(O)=C2\C(=O)C(=O)N(CCCN3CCOCC3)C2c2ccc(O)c(OC)c2)cc1C. The number of phenolic OH excluding ortho intramolecular Hbond substituents is 1. The summed E-state index contributed by atoms with van der Waals surface area (Å²) in [6.07, 6.45) is 2.61. The third-order valence-corrected chi connectivity index (χ3v) is 7.24. The van der Waals surface area contributed by atoms with Crippen LogP contribution < -0.4 is 9.47 Å². The number of hydrogen-bond donors (Lipinski definition) is 2. The second-order valence-electron chi connectivity index (χ2n) is 9.91. The Hall–Kier alpha value is -3.56. The number of carbonyl (C=O) groups excluding carboxylic acids is 2. The average Bonchev–Trinajstić information content (AvgIpc) is 3.19. The number of methoxy groups -OCH3 is 1. The van der Waals surface area contributed by atoms with Crippen LogP contribution in [-0.4, -0.2) is 84.8 Å². The molecule has 0 aliphatic carbocycles. The number of Topliss-reactive ketones (excluding diaryl/α,β-unsaturated/α-hetero) is 1. The molecule has 1 unspecified atom stereocenters. The van der Waals surface area contributed by atoms with Crippen LogP contribution >= 0.6 is 0 Å². The number of ketones is 1. The van der Waals surface area contributed by atoms with Crippen molar-refractivity contribution in [3.63, 3.8) is 0 Å². The van der Waals surface area contributed by atoms with Gasteiger partial charge in [-0.1, -0.05) is 19.4 Å². The van der Waals surface area contributed by atoms with Crippen molar-refractivity contribution in [1.82, 2.24) is 9.80 Å². The molecule has 0 saturated carbocycles. The van der Waals surface area contributed by atoms with E-state index in [4.69, 9.17) is 14.2 Å². The van der Waals surface area contributed by atoms with Crippen molar-refractivity contribution in [3.05, 3.63) is 58.7 Å². The highest BCUT2D eigenvalue weighted by atomic mass is 16.5. The summed E-state index contributed by atoms with van der Waals surface area (Å²) in [5, 5.41) is 21.6. The molecular formula is C30H38N2O7. The van der Waals surface area contributed by atoms with Crippen LogP contribution in [0.25, 0.3) is 5.76 Å². The Balaban J connectivity index is 1.68. The molecule has 0 aromatic heterocycles. The maximum atomic E-state index is 13.4. The molecule has 2 aromatic rings. The maximum absolute atomic E-state index is 13.4. The summed E-state index contributed by atoms with van der Waals surface area (Å²) in [6, 6.07) is 9.12. The number of ether oxygens (including phenoxy) is 3. The van der Waals surface area contributed by atoms with Crippen LogP contribution in [0, 0.1) is 6.92 Å². The largest absolute Gasteiger partial charge is 0.507 e. The summed E-state index contributed by atoms with van der Waals surface area (Å²) in [4.78, 5) is 30.5. The van der Waals surface area contributed by atoms with E-state index in [1.807, 2.05) is 6.92 Å². The molecule has 2 aliphatic rings. The second-order valence-corrected chi connectivity index (χ2v) is 9.91. The number of aliphatic hydroxyl groups excluding tert-OH is 1. The quantitative estimate of drug-likeness (QED) is 0.191. The number of aromatic hydroxyl groups is 1. The van der Waals surface area contributed by atoms with E-state index in [9.17, 15) is 19.8 Å². The average molecular weight is 539 g/mol. The van der Waals surface area contributed by atoms with Crippen LogP contribution in [0.15, 0.2) is 42.0 Å². The summed E-state index contributed by atoms with van der Waals surface area (Å²) in [7, 11) is 1.44. The minimum atomic E-state index is -0.829. The van der Waals surface area contributed by atoms with Gasteiger partial charge >= 0.3 is 0 Å². The van der Waals surface area contributed by atoms with Crippen molar-refractivity contribution in [3.8, 4) is 17.2 Å². The fraction of sp³-hybridized carbons (Fsp3) is 0.467. The van der Waals surface area contributed by atoms with Gasteiger partial charge < -0.3 is 29.3 Å². The summed E-state index contributed by atoms with van der Waals surface area (Å²) in [6.45, 7) is 8.68. The number of carbonyl (C=O) groups is 2. The second kappa shape index (κ2) is 13.0. The van der Waals surface area contributed by atoms with Crippen molar-refractivity contribution >= 4 is 17.4 Å². The number of benzene rings is 2. The summed E-state index contributed by atoms with van der Waals surface area (Å²) >= 11 is 0. The van der Waals surface area contributed by atoms with Crippen LogP contribution in [-0.2, 0) is 14.3 Å². The van der Waals surface area contributed by atoms with Gasteiger partial charge in [0, 0.05) is 31.7 Å². The Kier molecular flexibility index (Phi) is 9.48. The number of morpholine rings is 1. The molecule has 2 saturated heterocycles. The fourth-order valence-corrected chi connectivity index (χ4v) is 5.05. The number of aliphatic hydroxyl groups is 1. The molecule has 0 radical (unpaired) electrons. The summed E-state index contributed by atoms with van der Waals surface area (Å²) in [5.41, 5.74) is 1.82. The lowest BCUT2D eigenvalue weighted by Crippen LogP contribution is -2.38. The van der Waals surface area contributed by atoms with Gasteiger partial charge in [0.15, 0.2) is 11.5 Å². The van der Waals surface area contributed by atoms with Crippen LogP contribution in [0.2, 0.25) is 0 Å². The number of unbranched alkanes of at least 4 members (excludes halogenated alkanes) is 1. The number of likely N-dealkylation sites (tertiary alicyclic amines) is 1. The molecule has 1 atom stereocenters. The van der Waals surface area contributed by atoms with Crippen molar-refractivity contribution in [2.75, 3.05) is 53.1 Å². The van der Waals surface area contributed by atoms with Gasteiger partial charge in [0.05, 0.1) is 38.5 Å². The number of amides is 1. The van der Waals surface area contributed by atoms with Gasteiger partial charge in [0.2, 0.25) is 0 Å². The van der Waals surface area contributed by atoms with E-state index in [0.717, 1.165) is 38.0 Å². The van der Waals surface area contributed by atoms with E-state index in [1.54, 1.807) is 30.3 Å². The highest BCUT2D eigenvalue weighted by Gasteiger charge is 2.46. The predicted octanol–water partition coefficient (Wildman–Crippen LogP) is 4.03.